The minimum Gasteiger partial charge on any atom is -0.392 e. The molecule has 1 heterocycles. The molecule has 0 saturated carbocycles. The molecule has 0 spiro atoms. The van der Waals surface area contributed by atoms with Crippen molar-refractivity contribution in [2.75, 3.05) is 11.9 Å². The van der Waals surface area contributed by atoms with Gasteiger partial charge in [-0.05, 0) is 42.3 Å². The molecule has 0 aliphatic heterocycles. The third kappa shape index (κ3) is 3.78. The van der Waals surface area contributed by atoms with Gasteiger partial charge in [0.15, 0.2) is 0 Å². The number of aliphatic hydroxyl groups is 1. The molecule has 2 aromatic rings. The quantitative estimate of drug-likeness (QED) is 0.939. The summed E-state index contributed by atoms with van der Waals surface area (Å²) in [5.41, 5.74) is 3.02. The van der Waals surface area contributed by atoms with Crippen LogP contribution in [0.1, 0.15) is 16.8 Å². The van der Waals surface area contributed by atoms with Gasteiger partial charge in [0.25, 0.3) is 0 Å². The van der Waals surface area contributed by atoms with Crippen molar-refractivity contribution in [2.24, 2.45) is 0 Å². The summed E-state index contributed by atoms with van der Waals surface area (Å²) >= 11 is 3.48. The average molecular weight is 321 g/mol. The van der Waals surface area contributed by atoms with Gasteiger partial charge in [-0.3, -0.25) is 0 Å². The number of aromatic nitrogens is 1. The monoisotopic (exact) mass is 320 g/mol. The lowest BCUT2D eigenvalue weighted by molar-refractivity contribution is 0.281. The van der Waals surface area contributed by atoms with E-state index in [0.717, 1.165) is 28.1 Å². The lowest BCUT2D eigenvalue weighted by Gasteiger charge is -2.19. The van der Waals surface area contributed by atoms with Crippen LogP contribution < -0.4 is 4.90 Å². The fourth-order valence-electron chi connectivity index (χ4n) is 2.00. The van der Waals surface area contributed by atoms with E-state index in [1.807, 2.05) is 38.2 Å². The van der Waals surface area contributed by atoms with E-state index in [0.29, 0.717) is 0 Å². The van der Waals surface area contributed by atoms with Gasteiger partial charge in [0, 0.05) is 23.8 Å². The van der Waals surface area contributed by atoms with Gasteiger partial charge in [0.1, 0.15) is 5.82 Å². The third-order valence-corrected chi connectivity index (χ3v) is 3.38. The molecule has 0 unspecified atom stereocenters. The largest absolute Gasteiger partial charge is 0.392 e. The normalized spacial score (nSPS) is 10.5. The summed E-state index contributed by atoms with van der Waals surface area (Å²) in [6, 6.07) is 12.0. The molecule has 0 saturated heterocycles. The van der Waals surface area contributed by atoms with Gasteiger partial charge in [-0.25, -0.2) is 4.98 Å². The molecule has 4 heteroatoms. The molecule has 0 bridgehead atoms. The van der Waals surface area contributed by atoms with Crippen LogP contribution in [0.2, 0.25) is 0 Å². The van der Waals surface area contributed by atoms with Gasteiger partial charge in [-0.2, -0.15) is 0 Å². The van der Waals surface area contributed by atoms with Crippen LogP contribution in [0.4, 0.5) is 5.82 Å². The van der Waals surface area contributed by atoms with Gasteiger partial charge in [0.05, 0.1) is 6.61 Å². The second kappa shape index (κ2) is 6.17. The van der Waals surface area contributed by atoms with Crippen LogP contribution in [0.5, 0.6) is 0 Å². The fraction of sp³-hybridized carbons (Fsp3) is 0.267. The number of benzene rings is 1. The van der Waals surface area contributed by atoms with E-state index in [9.17, 15) is 5.11 Å². The number of pyridine rings is 1. The van der Waals surface area contributed by atoms with Gasteiger partial charge in [-0.15, -0.1) is 0 Å². The van der Waals surface area contributed by atoms with Crippen molar-refractivity contribution >= 4 is 21.7 Å². The number of aliphatic hydroxyl groups excluding tert-OH is 1. The van der Waals surface area contributed by atoms with Crippen molar-refractivity contribution in [2.45, 2.75) is 20.1 Å². The Bertz CT molecular complexity index is 572. The Morgan fingerprint density at radius 2 is 2.00 bits per heavy atom. The van der Waals surface area contributed by atoms with Crippen LogP contribution in [0.15, 0.2) is 40.9 Å². The van der Waals surface area contributed by atoms with E-state index >= 15 is 0 Å². The summed E-state index contributed by atoms with van der Waals surface area (Å²) in [7, 11) is 2.00. The molecule has 0 aliphatic carbocycles. The number of aryl methyl sites for hydroxylation is 1. The van der Waals surface area contributed by atoms with E-state index in [1.54, 1.807) is 0 Å². The average Bonchev–Trinajstić information content (AvgIpc) is 2.38. The topological polar surface area (TPSA) is 36.4 Å². The Hall–Kier alpha value is -1.39. The van der Waals surface area contributed by atoms with Gasteiger partial charge in [0.2, 0.25) is 0 Å². The minimum atomic E-state index is 0.0427. The predicted molar refractivity (Wildman–Crippen MR) is 81.1 cm³/mol. The van der Waals surface area contributed by atoms with Crippen molar-refractivity contribution in [1.29, 1.82) is 0 Å². The molecule has 0 atom stereocenters. The lowest BCUT2D eigenvalue weighted by Crippen LogP contribution is -2.18. The van der Waals surface area contributed by atoms with E-state index in [2.05, 4.69) is 37.9 Å². The number of nitrogens with zero attached hydrogens (tertiary/aromatic N) is 2. The maximum absolute atomic E-state index is 9.24. The number of hydrogen-bond donors (Lipinski definition) is 1. The first kappa shape index (κ1) is 14.0. The highest BCUT2D eigenvalue weighted by Crippen LogP contribution is 2.18. The number of hydrogen-bond acceptors (Lipinski definition) is 3. The zero-order chi connectivity index (χ0) is 13.8. The SMILES string of the molecule is Cc1cc(CO)cc(N(C)Cc2cccc(Br)c2)n1. The van der Waals surface area contributed by atoms with Crippen LogP contribution in [0.25, 0.3) is 0 Å². The molecule has 1 N–H and O–H groups in total. The van der Waals surface area contributed by atoms with Crippen molar-refractivity contribution < 1.29 is 5.11 Å². The Balaban J connectivity index is 2.20. The van der Waals surface area contributed by atoms with Crippen LogP contribution in [0.3, 0.4) is 0 Å². The zero-order valence-electron chi connectivity index (χ0n) is 11.1. The van der Waals surface area contributed by atoms with Crippen LogP contribution in [-0.4, -0.2) is 17.1 Å². The molecule has 100 valence electrons. The van der Waals surface area contributed by atoms with E-state index < -0.39 is 0 Å². The summed E-state index contributed by atoms with van der Waals surface area (Å²) in [6.07, 6.45) is 0. The second-order valence-corrected chi connectivity index (χ2v) is 5.53. The number of halogens is 1. The van der Waals surface area contributed by atoms with Crippen molar-refractivity contribution in [3.63, 3.8) is 0 Å². The summed E-state index contributed by atoms with van der Waals surface area (Å²) in [5.74, 6) is 0.879. The number of anilines is 1. The minimum absolute atomic E-state index is 0.0427. The molecule has 0 radical (unpaired) electrons. The molecule has 3 nitrogen and oxygen atoms in total. The lowest BCUT2D eigenvalue weighted by atomic mass is 10.2. The predicted octanol–water partition coefficient (Wildman–Crippen LogP) is 3.28. The summed E-state index contributed by atoms with van der Waals surface area (Å²) in [5, 5.41) is 9.24. The van der Waals surface area contributed by atoms with Gasteiger partial charge < -0.3 is 10.0 Å². The highest BCUT2D eigenvalue weighted by Gasteiger charge is 2.06. The highest BCUT2D eigenvalue weighted by atomic mass is 79.9. The maximum atomic E-state index is 9.24. The fourth-order valence-corrected chi connectivity index (χ4v) is 2.44. The molecule has 0 fully saturated rings. The Morgan fingerprint density at radius 3 is 2.68 bits per heavy atom. The Kier molecular flexibility index (Phi) is 4.56. The smallest absolute Gasteiger partial charge is 0.129 e. The first-order chi connectivity index (χ1) is 9.08. The van der Waals surface area contributed by atoms with Crippen LogP contribution >= 0.6 is 15.9 Å². The summed E-state index contributed by atoms with van der Waals surface area (Å²) < 4.78 is 1.08. The molecule has 19 heavy (non-hydrogen) atoms. The van der Waals surface area contributed by atoms with E-state index in [-0.39, 0.29) is 6.61 Å². The molecular formula is C15H17BrN2O. The molecular weight excluding hydrogens is 304 g/mol. The molecule has 1 aromatic carbocycles. The van der Waals surface area contributed by atoms with E-state index in [4.69, 9.17) is 0 Å². The van der Waals surface area contributed by atoms with Crippen LogP contribution in [-0.2, 0) is 13.2 Å². The van der Waals surface area contributed by atoms with Crippen molar-refractivity contribution in [1.82, 2.24) is 4.98 Å². The molecule has 2 rings (SSSR count). The molecule has 0 aliphatic rings. The second-order valence-electron chi connectivity index (χ2n) is 4.62. The highest BCUT2D eigenvalue weighted by molar-refractivity contribution is 9.10. The van der Waals surface area contributed by atoms with Gasteiger partial charge >= 0.3 is 0 Å². The third-order valence-electron chi connectivity index (χ3n) is 2.88. The molecule has 1 aromatic heterocycles. The first-order valence-corrected chi connectivity index (χ1v) is 6.92. The van der Waals surface area contributed by atoms with Crippen molar-refractivity contribution in [3.8, 4) is 0 Å². The zero-order valence-corrected chi connectivity index (χ0v) is 12.7. The maximum Gasteiger partial charge on any atom is 0.129 e. The Labute approximate surface area is 122 Å². The standard InChI is InChI=1S/C15H17BrN2O/c1-11-6-13(10-19)8-15(17-11)18(2)9-12-4-3-5-14(16)7-12/h3-8,19H,9-10H2,1-2H3. The Morgan fingerprint density at radius 1 is 1.21 bits per heavy atom. The van der Waals surface area contributed by atoms with Gasteiger partial charge in [-0.1, -0.05) is 28.1 Å². The summed E-state index contributed by atoms with van der Waals surface area (Å²) in [4.78, 5) is 6.58. The van der Waals surface area contributed by atoms with Crippen LogP contribution in [0, 0.1) is 6.92 Å². The number of rotatable bonds is 4. The summed E-state index contributed by atoms with van der Waals surface area (Å²) in [6.45, 7) is 2.76. The van der Waals surface area contributed by atoms with E-state index in [1.165, 1.54) is 5.56 Å². The first-order valence-electron chi connectivity index (χ1n) is 6.12. The van der Waals surface area contributed by atoms with Crippen molar-refractivity contribution in [3.05, 3.63) is 57.7 Å². The molecule has 0 amide bonds.